The summed E-state index contributed by atoms with van der Waals surface area (Å²) in [4.78, 5) is 0. The molecule has 0 amide bonds. The number of nitrogens with two attached hydrogens (primary N) is 1. The van der Waals surface area contributed by atoms with E-state index in [9.17, 15) is 17.6 Å². The molecule has 1 aromatic heterocycles. The predicted octanol–water partition coefficient (Wildman–Crippen LogP) is 3.09. The zero-order chi connectivity index (χ0) is 15.0. The minimum atomic E-state index is -1.52. The van der Waals surface area contributed by atoms with Crippen LogP contribution < -0.4 is 11.1 Å². The second-order valence-electron chi connectivity index (χ2n) is 4.13. The van der Waals surface area contributed by atoms with Crippen molar-refractivity contribution in [3.8, 4) is 0 Å². The van der Waals surface area contributed by atoms with Crippen molar-refractivity contribution in [2.75, 3.05) is 11.1 Å². The summed E-state index contributed by atoms with van der Waals surface area (Å²) < 4.78 is 54.8. The number of anilines is 3. The average molecular weight is 288 g/mol. The quantitative estimate of drug-likeness (QED) is 0.674. The first-order valence-corrected chi connectivity index (χ1v) is 5.79. The predicted molar refractivity (Wildman–Crippen MR) is 66.6 cm³/mol. The number of nitrogens with zero attached hydrogens (tertiary/aromatic N) is 2. The van der Waals surface area contributed by atoms with E-state index in [1.54, 1.807) is 13.8 Å². The molecule has 108 valence electrons. The average Bonchev–Trinajstić information content (AvgIpc) is 2.68. The van der Waals surface area contributed by atoms with E-state index >= 15 is 0 Å². The van der Waals surface area contributed by atoms with E-state index in [0.29, 0.717) is 12.2 Å². The van der Waals surface area contributed by atoms with E-state index in [-0.39, 0.29) is 17.6 Å². The van der Waals surface area contributed by atoms with Gasteiger partial charge in [-0.3, -0.25) is 0 Å². The lowest BCUT2D eigenvalue weighted by Gasteiger charge is -2.12. The number of benzene rings is 1. The Balaban J connectivity index is 2.56. The highest BCUT2D eigenvalue weighted by atomic mass is 19.2. The molecule has 1 heterocycles. The van der Waals surface area contributed by atoms with Crippen LogP contribution in [-0.4, -0.2) is 9.78 Å². The second-order valence-corrected chi connectivity index (χ2v) is 4.13. The molecule has 0 spiro atoms. The van der Waals surface area contributed by atoms with Gasteiger partial charge in [0, 0.05) is 12.6 Å². The van der Waals surface area contributed by atoms with E-state index in [1.807, 2.05) is 0 Å². The van der Waals surface area contributed by atoms with Gasteiger partial charge in [-0.1, -0.05) is 0 Å². The molecule has 0 unspecified atom stereocenters. The van der Waals surface area contributed by atoms with Crippen LogP contribution in [0, 0.1) is 30.2 Å². The topological polar surface area (TPSA) is 55.9 Å². The second kappa shape index (κ2) is 5.03. The smallest absolute Gasteiger partial charge is 0.185 e. The van der Waals surface area contributed by atoms with Gasteiger partial charge in [-0.25, -0.2) is 22.2 Å². The van der Waals surface area contributed by atoms with Crippen molar-refractivity contribution >= 4 is 17.2 Å². The lowest BCUT2D eigenvalue weighted by Crippen LogP contribution is -2.08. The molecule has 4 nitrogen and oxygen atoms in total. The molecule has 8 heteroatoms. The van der Waals surface area contributed by atoms with E-state index in [2.05, 4.69) is 10.4 Å². The van der Waals surface area contributed by atoms with Crippen LogP contribution in [0.5, 0.6) is 0 Å². The fourth-order valence-electron chi connectivity index (χ4n) is 1.76. The fourth-order valence-corrected chi connectivity index (χ4v) is 1.76. The molecule has 0 aliphatic heterocycles. The molecule has 0 fully saturated rings. The Bertz CT molecular complexity index is 640. The molecule has 20 heavy (non-hydrogen) atoms. The first-order chi connectivity index (χ1) is 9.36. The Morgan fingerprint density at radius 3 is 2.25 bits per heavy atom. The first kappa shape index (κ1) is 14.2. The molecule has 2 aromatic rings. The number of aryl methyl sites for hydroxylation is 2. The van der Waals surface area contributed by atoms with Crippen LogP contribution in [0.2, 0.25) is 0 Å². The Morgan fingerprint density at radius 2 is 1.75 bits per heavy atom. The number of rotatable bonds is 3. The van der Waals surface area contributed by atoms with E-state index < -0.39 is 29.0 Å². The lowest BCUT2D eigenvalue weighted by molar-refractivity contribution is 0.459. The third-order valence-corrected chi connectivity index (χ3v) is 2.83. The van der Waals surface area contributed by atoms with Gasteiger partial charge in [0.25, 0.3) is 0 Å². The van der Waals surface area contributed by atoms with Crippen LogP contribution in [-0.2, 0) is 6.54 Å². The summed E-state index contributed by atoms with van der Waals surface area (Å²) >= 11 is 0. The van der Waals surface area contributed by atoms with Crippen LogP contribution in [0.1, 0.15) is 12.6 Å². The minimum absolute atomic E-state index is 0.0767. The molecule has 0 atom stereocenters. The van der Waals surface area contributed by atoms with Gasteiger partial charge < -0.3 is 11.1 Å². The van der Waals surface area contributed by atoms with Crippen molar-refractivity contribution in [1.29, 1.82) is 0 Å². The zero-order valence-electron chi connectivity index (χ0n) is 10.8. The van der Waals surface area contributed by atoms with Gasteiger partial charge in [-0.2, -0.15) is 5.10 Å². The largest absolute Gasteiger partial charge is 0.394 e. The van der Waals surface area contributed by atoms with Crippen LogP contribution in [0.15, 0.2) is 6.07 Å². The number of aromatic nitrogens is 2. The first-order valence-electron chi connectivity index (χ1n) is 5.79. The molecule has 0 radical (unpaired) electrons. The molecule has 1 aromatic carbocycles. The van der Waals surface area contributed by atoms with E-state index in [4.69, 9.17) is 5.73 Å². The molecule has 2 rings (SSSR count). The standard InChI is InChI=1S/C12H12F4N4/c1-3-20-12(10(17)5(2)19-20)18-11-8(15)6(13)4-7(14)9(11)16/h4,18H,3,17H2,1-2H3. The number of nitrogens with one attached hydrogen (secondary N) is 1. The van der Waals surface area contributed by atoms with Gasteiger partial charge in [0.1, 0.15) is 5.69 Å². The van der Waals surface area contributed by atoms with Crippen molar-refractivity contribution < 1.29 is 17.6 Å². The summed E-state index contributed by atoms with van der Waals surface area (Å²) in [6, 6.07) is 0.140. The summed E-state index contributed by atoms with van der Waals surface area (Å²) in [5.74, 6) is -5.96. The highest BCUT2D eigenvalue weighted by molar-refractivity contribution is 5.71. The van der Waals surface area contributed by atoms with Crippen molar-refractivity contribution in [3.63, 3.8) is 0 Å². The number of nitrogen functional groups attached to an aromatic ring is 1. The highest BCUT2D eigenvalue weighted by Gasteiger charge is 2.22. The normalized spacial score (nSPS) is 10.9. The minimum Gasteiger partial charge on any atom is -0.394 e. The molecule has 0 bridgehead atoms. The van der Waals surface area contributed by atoms with Crippen LogP contribution in [0.25, 0.3) is 0 Å². The summed E-state index contributed by atoms with van der Waals surface area (Å²) in [6.07, 6.45) is 0. The third-order valence-electron chi connectivity index (χ3n) is 2.83. The third kappa shape index (κ3) is 2.17. The Hall–Kier alpha value is -2.25. The maximum absolute atomic E-state index is 13.6. The van der Waals surface area contributed by atoms with Crippen molar-refractivity contribution in [2.45, 2.75) is 20.4 Å². The van der Waals surface area contributed by atoms with E-state index in [0.717, 1.165) is 0 Å². The highest BCUT2D eigenvalue weighted by Crippen LogP contribution is 2.31. The van der Waals surface area contributed by atoms with Gasteiger partial charge in [0.15, 0.2) is 29.1 Å². The Kier molecular flexibility index (Phi) is 3.56. The van der Waals surface area contributed by atoms with E-state index in [1.165, 1.54) is 4.68 Å². The molecule has 0 aliphatic carbocycles. The van der Waals surface area contributed by atoms with Crippen LogP contribution in [0.3, 0.4) is 0 Å². The summed E-state index contributed by atoms with van der Waals surface area (Å²) in [7, 11) is 0. The lowest BCUT2D eigenvalue weighted by atomic mass is 10.2. The van der Waals surface area contributed by atoms with Gasteiger partial charge >= 0.3 is 0 Å². The van der Waals surface area contributed by atoms with Crippen molar-refractivity contribution in [3.05, 3.63) is 35.0 Å². The molecule has 0 aliphatic rings. The molecular formula is C12H12F4N4. The number of halogens is 4. The molecule has 0 saturated heterocycles. The van der Waals surface area contributed by atoms with Crippen LogP contribution in [0.4, 0.5) is 34.8 Å². The fraction of sp³-hybridized carbons (Fsp3) is 0.250. The summed E-state index contributed by atoms with van der Waals surface area (Å²) in [5.41, 5.74) is 5.37. The van der Waals surface area contributed by atoms with Gasteiger partial charge in [-0.05, 0) is 13.8 Å². The molecule has 3 N–H and O–H groups in total. The summed E-state index contributed by atoms with van der Waals surface area (Å²) in [6.45, 7) is 3.70. The monoisotopic (exact) mass is 288 g/mol. The zero-order valence-corrected chi connectivity index (χ0v) is 10.8. The van der Waals surface area contributed by atoms with Crippen molar-refractivity contribution in [1.82, 2.24) is 9.78 Å². The number of hydrogen-bond donors (Lipinski definition) is 2. The van der Waals surface area contributed by atoms with Crippen molar-refractivity contribution in [2.24, 2.45) is 0 Å². The maximum atomic E-state index is 13.6. The van der Waals surface area contributed by atoms with Gasteiger partial charge in [-0.15, -0.1) is 0 Å². The maximum Gasteiger partial charge on any atom is 0.185 e. The van der Waals surface area contributed by atoms with Gasteiger partial charge in [0.2, 0.25) is 0 Å². The molecule has 0 saturated carbocycles. The van der Waals surface area contributed by atoms with Crippen LogP contribution >= 0.6 is 0 Å². The number of hydrogen-bond acceptors (Lipinski definition) is 3. The van der Waals surface area contributed by atoms with Gasteiger partial charge in [0.05, 0.1) is 11.4 Å². The Labute approximate surface area is 112 Å². The Morgan fingerprint density at radius 1 is 1.20 bits per heavy atom. The summed E-state index contributed by atoms with van der Waals surface area (Å²) in [5, 5.41) is 6.30. The molecular weight excluding hydrogens is 276 g/mol. The SMILES string of the molecule is CCn1nc(C)c(N)c1Nc1c(F)c(F)cc(F)c1F.